The number of thioether (sulfide) groups is 1. The molecule has 0 saturated carbocycles. The Balaban J connectivity index is 1.43. The molecule has 3 amide bonds. The zero-order valence-corrected chi connectivity index (χ0v) is 20.1. The maximum absolute atomic E-state index is 12.9. The smallest absolute Gasteiger partial charge is 0.353 e. The highest BCUT2D eigenvalue weighted by molar-refractivity contribution is 8.03. The van der Waals surface area contributed by atoms with Crippen molar-refractivity contribution in [1.82, 2.24) is 20.4 Å². The van der Waals surface area contributed by atoms with Crippen LogP contribution in [0.4, 0.5) is 8.78 Å². The van der Waals surface area contributed by atoms with Gasteiger partial charge in [0.15, 0.2) is 0 Å². The van der Waals surface area contributed by atoms with E-state index in [1.54, 1.807) is 11.8 Å². The molecule has 14 heteroatoms. The van der Waals surface area contributed by atoms with Crippen molar-refractivity contribution in [3.05, 3.63) is 10.6 Å². The molecule has 0 aromatic heterocycles. The predicted molar refractivity (Wildman–Crippen MR) is 120 cm³/mol. The van der Waals surface area contributed by atoms with Gasteiger partial charge in [0.1, 0.15) is 5.70 Å². The molecule has 0 radical (unpaired) electrons. The molecule has 7 atom stereocenters. The van der Waals surface area contributed by atoms with Gasteiger partial charge < -0.3 is 25.5 Å². The number of hydrogen-bond donors (Lipinski definition) is 4. The van der Waals surface area contributed by atoms with Gasteiger partial charge in [-0.2, -0.15) is 8.78 Å². The van der Waals surface area contributed by atoms with Crippen LogP contribution in [0.3, 0.4) is 0 Å². The van der Waals surface area contributed by atoms with Crippen LogP contribution in [-0.4, -0.2) is 94.1 Å². The number of likely N-dealkylation sites (tertiary alicyclic amines) is 1. The zero-order valence-electron chi connectivity index (χ0n) is 19.3. The number of rotatable bonds is 8. The number of carbonyl (C=O) groups is 4. The normalized spacial score (nSPS) is 33.3. The first kappa shape index (κ1) is 25.8. The summed E-state index contributed by atoms with van der Waals surface area (Å²) >= 11 is 1.33. The summed E-state index contributed by atoms with van der Waals surface area (Å²) in [7, 11) is 0. The van der Waals surface area contributed by atoms with E-state index < -0.39 is 48.3 Å². The summed E-state index contributed by atoms with van der Waals surface area (Å²) in [5.74, 6) is 0.774. The van der Waals surface area contributed by atoms with Crippen molar-refractivity contribution in [2.45, 2.75) is 62.6 Å². The molecule has 0 bridgehead atoms. The fourth-order valence-corrected chi connectivity index (χ4v) is 6.97. The molecule has 4 aliphatic rings. The van der Waals surface area contributed by atoms with Crippen LogP contribution in [-0.2, 0) is 24.0 Å². The molecular formula is C21H29F2N5O6S. The number of carbonyl (C=O) groups excluding carboxylic acids is 3. The molecule has 194 valence electrons. The number of aliphatic carboxylic acids is 1. The topological polar surface area (TPSA) is 154 Å². The van der Waals surface area contributed by atoms with E-state index in [1.165, 1.54) is 23.6 Å². The molecule has 4 heterocycles. The SMILES string of the molecule is C[C@@H](NC(=O)C(F)F)[C@H]1C(=O)N2C(C(=O)O)=C(S[C@@H]3CN[C@H](C(=O)N4CC[C@H](ON)C4)C3)[C@H](C)[C@@H]12. The summed E-state index contributed by atoms with van der Waals surface area (Å²) in [6, 6.07) is -1.83. The minimum atomic E-state index is -3.21. The second kappa shape index (κ2) is 9.99. The number of halogens is 2. The van der Waals surface area contributed by atoms with E-state index in [2.05, 4.69) is 10.6 Å². The van der Waals surface area contributed by atoms with E-state index in [0.29, 0.717) is 37.4 Å². The minimum absolute atomic E-state index is 0.0535. The Bertz CT molecular complexity index is 951. The maximum atomic E-state index is 12.9. The van der Waals surface area contributed by atoms with E-state index in [1.807, 2.05) is 0 Å². The molecule has 0 unspecified atom stereocenters. The lowest BCUT2D eigenvalue weighted by Crippen LogP contribution is -2.66. The minimum Gasteiger partial charge on any atom is -0.477 e. The first-order valence-electron chi connectivity index (χ1n) is 11.5. The van der Waals surface area contributed by atoms with Gasteiger partial charge in [0, 0.05) is 41.7 Å². The van der Waals surface area contributed by atoms with Crippen LogP contribution in [0.15, 0.2) is 10.6 Å². The van der Waals surface area contributed by atoms with E-state index in [9.17, 15) is 33.1 Å². The highest BCUT2D eigenvalue weighted by atomic mass is 32.2. The number of hydrogen-bond acceptors (Lipinski definition) is 8. The van der Waals surface area contributed by atoms with Crippen molar-refractivity contribution in [2.75, 3.05) is 19.6 Å². The van der Waals surface area contributed by atoms with Crippen LogP contribution in [0.5, 0.6) is 0 Å². The number of nitrogens with zero attached hydrogens (tertiary/aromatic N) is 2. The van der Waals surface area contributed by atoms with Gasteiger partial charge in [0.05, 0.1) is 24.1 Å². The van der Waals surface area contributed by atoms with Gasteiger partial charge in [0.25, 0.3) is 5.91 Å². The number of nitrogens with two attached hydrogens (primary N) is 1. The molecule has 4 rings (SSSR count). The third-order valence-electron chi connectivity index (χ3n) is 7.23. The van der Waals surface area contributed by atoms with Gasteiger partial charge in [-0.15, -0.1) is 11.8 Å². The summed E-state index contributed by atoms with van der Waals surface area (Å²) in [4.78, 5) is 57.4. The van der Waals surface area contributed by atoms with Crippen molar-refractivity contribution < 1.29 is 37.9 Å². The van der Waals surface area contributed by atoms with Crippen molar-refractivity contribution >= 4 is 35.5 Å². The number of β-lactam (4-membered cyclic amide) rings is 1. The van der Waals surface area contributed by atoms with Gasteiger partial charge in [-0.3, -0.25) is 19.2 Å². The molecule has 0 aromatic rings. The zero-order chi connectivity index (χ0) is 25.6. The summed E-state index contributed by atoms with van der Waals surface area (Å²) in [5.41, 5.74) is -0.113. The van der Waals surface area contributed by atoms with E-state index >= 15 is 0 Å². The molecule has 0 aromatic carbocycles. The Morgan fingerprint density at radius 1 is 1.34 bits per heavy atom. The summed E-state index contributed by atoms with van der Waals surface area (Å²) in [6.45, 7) is 4.73. The first-order valence-corrected chi connectivity index (χ1v) is 12.4. The molecule has 5 N–H and O–H groups in total. The molecule has 0 spiro atoms. The van der Waals surface area contributed by atoms with Crippen molar-refractivity contribution in [3.63, 3.8) is 0 Å². The quantitative estimate of drug-likeness (QED) is 0.246. The van der Waals surface area contributed by atoms with Crippen molar-refractivity contribution in [2.24, 2.45) is 17.7 Å². The molecule has 0 aliphatic carbocycles. The fraction of sp³-hybridized carbons (Fsp3) is 0.714. The average molecular weight is 518 g/mol. The number of carboxylic acids is 1. The molecule has 3 saturated heterocycles. The second-order valence-electron chi connectivity index (χ2n) is 9.40. The van der Waals surface area contributed by atoms with Gasteiger partial charge in [0.2, 0.25) is 11.8 Å². The molecule has 11 nitrogen and oxygen atoms in total. The number of amides is 3. The Kier molecular flexibility index (Phi) is 7.36. The van der Waals surface area contributed by atoms with E-state index in [4.69, 9.17) is 10.7 Å². The van der Waals surface area contributed by atoms with Crippen LogP contribution in [0, 0.1) is 11.8 Å². The Hall–Kier alpha value is -2.29. The van der Waals surface area contributed by atoms with Gasteiger partial charge in [-0.05, 0) is 19.8 Å². The largest absolute Gasteiger partial charge is 0.477 e. The van der Waals surface area contributed by atoms with Crippen LogP contribution in [0.25, 0.3) is 0 Å². The van der Waals surface area contributed by atoms with Crippen LogP contribution in [0.2, 0.25) is 0 Å². The van der Waals surface area contributed by atoms with E-state index in [0.717, 1.165) is 0 Å². The number of fused-ring (bicyclic) bond motifs is 1. The summed E-state index contributed by atoms with van der Waals surface area (Å²) in [6.07, 6.45) is -2.23. The maximum Gasteiger partial charge on any atom is 0.353 e. The highest BCUT2D eigenvalue weighted by Gasteiger charge is 2.60. The van der Waals surface area contributed by atoms with Gasteiger partial charge in [-0.1, -0.05) is 6.92 Å². The third kappa shape index (κ3) is 4.63. The predicted octanol–water partition coefficient (Wildman–Crippen LogP) is -0.516. The average Bonchev–Trinajstić information content (AvgIpc) is 3.52. The molecule has 3 fully saturated rings. The molecular weight excluding hydrogens is 488 g/mol. The lowest BCUT2D eigenvalue weighted by molar-refractivity contribution is -0.159. The van der Waals surface area contributed by atoms with Crippen LogP contribution < -0.4 is 16.5 Å². The summed E-state index contributed by atoms with van der Waals surface area (Å²) < 4.78 is 25.3. The van der Waals surface area contributed by atoms with Crippen molar-refractivity contribution in [3.8, 4) is 0 Å². The van der Waals surface area contributed by atoms with Gasteiger partial charge in [-0.25, -0.2) is 10.7 Å². The fourth-order valence-electron chi connectivity index (χ4n) is 5.49. The number of alkyl halides is 2. The second-order valence-corrected chi connectivity index (χ2v) is 10.7. The standard InChI is InChI=1S/C21H29F2N5O6S/c1-8-14-13(9(2)26-18(29)17(22)23)20(31)28(14)15(21(32)33)16(8)35-11-5-12(25-6-11)19(30)27-4-3-10(7-27)34-24/h8-14,17,25H,3-7,24H2,1-2H3,(H,26,29)(H,32,33)/t8-,9-,10+,11+,12+,13-,14+/m1/s1. The van der Waals surface area contributed by atoms with Crippen LogP contribution >= 0.6 is 11.8 Å². The lowest BCUT2D eigenvalue weighted by atomic mass is 9.78. The van der Waals surface area contributed by atoms with E-state index in [-0.39, 0.29) is 28.9 Å². The highest BCUT2D eigenvalue weighted by Crippen LogP contribution is 2.51. The first-order chi connectivity index (χ1) is 16.5. The molecule has 4 aliphatic heterocycles. The summed E-state index contributed by atoms with van der Waals surface area (Å²) in [5, 5.41) is 15.1. The van der Waals surface area contributed by atoms with Gasteiger partial charge >= 0.3 is 12.4 Å². The molecule has 35 heavy (non-hydrogen) atoms. The van der Waals surface area contributed by atoms with Crippen LogP contribution in [0.1, 0.15) is 26.7 Å². The Morgan fingerprint density at radius 3 is 2.66 bits per heavy atom. The third-order valence-corrected chi connectivity index (χ3v) is 8.74. The number of carboxylic acid groups (broad SMARTS) is 1. The monoisotopic (exact) mass is 517 g/mol. The Morgan fingerprint density at radius 2 is 2.06 bits per heavy atom. The van der Waals surface area contributed by atoms with Crippen molar-refractivity contribution in [1.29, 1.82) is 0 Å². The lowest BCUT2D eigenvalue weighted by Gasteiger charge is -2.47. The number of nitrogens with one attached hydrogen (secondary N) is 2. The Labute approximate surface area is 204 Å².